The van der Waals surface area contributed by atoms with E-state index >= 15 is 0 Å². The molecule has 0 spiro atoms. The van der Waals surface area contributed by atoms with Gasteiger partial charge in [0.2, 0.25) is 0 Å². The second-order valence-electron chi connectivity index (χ2n) is 23.0. The number of carbonyl (C=O) groups is 1. The standard InChI is InChI=1S/C27H44O2.C27H46O/c1-4-5-6-7-8-9-10-19-11-12-22-25-23(14-16-26(19,22)2)27(3)15-13-21(28)17-20(27)18-24(25)29;1-4-5-6-7-8-9-10-20-12-14-24-23-13-11-21-19-22(28)15-17-27(21,3)25(23)16-18-26(20,24)2/h18-19,21-23,25,28H,4-17H2,1-3H3;11,20,22-25,28H,4-10,12-19H2,1-3H3/t19-,21?,22?,23?,25?,26+,27-;20-,22?,23?,24?,25?,26+,27-/m00/s1. The van der Waals surface area contributed by atoms with Crippen molar-refractivity contribution in [3.05, 3.63) is 23.3 Å². The van der Waals surface area contributed by atoms with Gasteiger partial charge in [0.05, 0.1) is 12.2 Å². The third-order valence-electron chi connectivity index (χ3n) is 20.2. The number of carbonyl (C=O) groups excluding carboxylic acids is 1. The van der Waals surface area contributed by atoms with Gasteiger partial charge in [-0.25, -0.2) is 0 Å². The molecule has 2 N–H and O–H groups in total. The molecule has 0 saturated heterocycles. The molecule has 0 amide bonds. The molecule has 3 heteroatoms. The van der Waals surface area contributed by atoms with E-state index in [0.717, 1.165) is 61.7 Å². The van der Waals surface area contributed by atoms with Gasteiger partial charge in [-0.1, -0.05) is 136 Å². The van der Waals surface area contributed by atoms with Crippen LogP contribution < -0.4 is 0 Å². The van der Waals surface area contributed by atoms with Crippen LogP contribution in [-0.2, 0) is 4.79 Å². The van der Waals surface area contributed by atoms with Gasteiger partial charge in [-0.3, -0.25) is 4.79 Å². The highest BCUT2D eigenvalue weighted by Gasteiger charge is 2.61. The fourth-order valence-electron chi connectivity index (χ4n) is 16.5. The van der Waals surface area contributed by atoms with Crippen molar-refractivity contribution in [2.45, 2.75) is 240 Å². The van der Waals surface area contributed by atoms with Gasteiger partial charge in [-0.2, -0.15) is 0 Å². The van der Waals surface area contributed by atoms with Gasteiger partial charge in [-0.05, 0) is 178 Å². The molecular formula is C54H90O3. The lowest BCUT2D eigenvalue weighted by molar-refractivity contribution is -0.134. The number of allylic oxidation sites excluding steroid dienone is 2. The van der Waals surface area contributed by atoms with Gasteiger partial charge in [0.25, 0.3) is 0 Å². The number of hydrogen-bond acceptors (Lipinski definition) is 3. The van der Waals surface area contributed by atoms with Crippen LogP contribution >= 0.6 is 0 Å². The van der Waals surface area contributed by atoms with E-state index < -0.39 is 0 Å². The lowest BCUT2D eigenvalue weighted by Crippen LogP contribution is -2.53. The quantitative estimate of drug-likeness (QED) is 0.136. The zero-order valence-electron chi connectivity index (χ0n) is 38.2. The fraction of sp³-hybridized carbons (Fsp3) is 0.907. The number of rotatable bonds is 14. The Hall–Kier alpha value is -0.930. The lowest BCUT2D eigenvalue weighted by Gasteiger charge is -2.58. The Labute approximate surface area is 351 Å². The molecular weight excluding hydrogens is 697 g/mol. The van der Waals surface area contributed by atoms with Gasteiger partial charge in [0.1, 0.15) is 0 Å². The molecule has 0 radical (unpaired) electrons. The van der Waals surface area contributed by atoms with E-state index in [1.54, 1.807) is 5.57 Å². The van der Waals surface area contributed by atoms with Crippen LogP contribution in [0.3, 0.4) is 0 Å². The molecule has 8 aliphatic rings. The first-order valence-electron chi connectivity index (χ1n) is 25.7. The molecule has 8 aliphatic carbocycles. The van der Waals surface area contributed by atoms with Crippen molar-refractivity contribution in [3.63, 3.8) is 0 Å². The molecule has 324 valence electrons. The summed E-state index contributed by atoms with van der Waals surface area (Å²) in [6, 6.07) is 0. The highest BCUT2D eigenvalue weighted by molar-refractivity contribution is 5.94. The first kappa shape index (κ1) is 44.1. The summed E-state index contributed by atoms with van der Waals surface area (Å²) in [5.74, 6) is 6.41. The molecule has 57 heavy (non-hydrogen) atoms. The summed E-state index contributed by atoms with van der Waals surface area (Å²) in [4.78, 5) is 13.3. The summed E-state index contributed by atoms with van der Waals surface area (Å²) < 4.78 is 0. The molecule has 0 heterocycles. The van der Waals surface area contributed by atoms with Crippen molar-refractivity contribution in [2.75, 3.05) is 0 Å². The fourth-order valence-corrected chi connectivity index (χ4v) is 16.5. The minimum atomic E-state index is -0.235. The average molecular weight is 787 g/mol. The van der Waals surface area contributed by atoms with Crippen LogP contribution in [0.25, 0.3) is 0 Å². The molecule has 8 rings (SSSR count). The predicted octanol–water partition coefficient (Wildman–Crippen LogP) is 14.5. The second-order valence-corrected chi connectivity index (χ2v) is 23.0. The Bertz CT molecular complexity index is 1410. The summed E-state index contributed by atoms with van der Waals surface area (Å²) in [6.45, 7) is 14.8. The normalized spacial score (nSPS) is 44.6. The summed E-state index contributed by atoms with van der Waals surface area (Å²) in [5, 5.41) is 20.4. The monoisotopic (exact) mass is 787 g/mol. The van der Waals surface area contributed by atoms with Crippen molar-refractivity contribution >= 4 is 5.78 Å². The maximum atomic E-state index is 13.3. The minimum Gasteiger partial charge on any atom is -0.393 e. The van der Waals surface area contributed by atoms with E-state index in [1.807, 2.05) is 6.08 Å². The molecule has 6 saturated carbocycles. The van der Waals surface area contributed by atoms with Crippen LogP contribution in [-0.4, -0.2) is 28.2 Å². The Morgan fingerprint density at radius 1 is 0.544 bits per heavy atom. The van der Waals surface area contributed by atoms with Crippen molar-refractivity contribution < 1.29 is 15.0 Å². The maximum absolute atomic E-state index is 13.3. The number of ketones is 1. The van der Waals surface area contributed by atoms with Crippen molar-refractivity contribution in [1.82, 2.24) is 0 Å². The Morgan fingerprint density at radius 2 is 1.04 bits per heavy atom. The van der Waals surface area contributed by atoms with E-state index in [1.165, 1.54) is 160 Å². The van der Waals surface area contributed by atoms with Crippen LogP contribution in [0.1, 0.15) is 228 Å². The van der Waals surface area contributed by atoms with Crippen LogP contribution in [0.2, 0.25) is 0 Å². The Kier molecular flexibility index (Phi) is 14.4. The predicted molar refractivity (Wildman–Crippen MR) is 239 cm³/mol. The molecule has 14 atom stereocenters. The SMILES string of the molecule is CCCCCCCC[C@H]1CCC2C3C(=O)C=C4CC(O)CC[C@]4(C)C3CC[C@@]21C.CCCCCCCC[C@H]1CCC2C3CC=C4CC(O)CC[C@]4(C)C3CC[C@@]21C. The number of aliphatic hydroxyl groups excluding tert-OH is 2. The smallest absolute Gasteiger partial charge is 0.159 e. The molecule has 6 fully saturated rings. The van der Waals surface area contributed by atoms with Gasteiger partial charge < -0.3 is 10.2 Å². The molecule has 8 unspecified atom stereocenters. The van der Waals surface area contributed by atoms with Gasteiger partial charge in [0.15, 0.2) is 5.78 Å². The lowest BCUT2D eigenvalue weighted by atomic mass is 9.47. The third-order valence-corrected chi connectivity index (χ3v) is 20.2. The summed E-state index contributed by atoms with van der Waals surface area (Å²) in [6.07, 6.45) is 42.5. The zero-order valence-corrected chi connectivity index (χ0v) is 38.2. The highest BCUT2D eigenvalue weighted by atomic mass is 16.3. The topological polar surface area (TPSA) is 57.5 Å². The van der Waals surface area contributed by atoms with Gasteiger partial charge in [-0.15, -0.1) is 0 Å². The largest absolute Gasteiger partial charge is 0.393 e. The van der Waals surface area contributed by atoms with Crippen molar-refractivity contribution in [1.29, 1.82) is 0 Å². The number of aliphatic hydroxyl groups is 2. The van der Waals surface area contributed by atoms with Gasteiger partial charge >= 0.3 is 0 Å². The molecule has 0 bridgehead atoms. The summed E-state index contributed by atoms with van der Waals surface area (Å²) in [7, 11) is 0. The van der Waals surface area contributed by atoms with E-state index in [-0.39, 0.29) is 23.5 Å². The van der Waals surface area contributed by atoms with Crippen LogP contribution in [0.4, 0.5) is 0 Å². The van der Waals surface area contributed by atoms with E-state index in [2.05, 4.69) is 47.6 Å². The first-order valence-corrected chi connectivity index (χ1v) is 25.7. The number of fused-ring (bicyclic) bond motifs is 10. The number of hydrogen-bond donors (Lipinski definition) is 2. The molecule has 0 aliphatic heterocycles. The molecule has 0 aromatic carbocycles. The Morgan fingerprint density at radius 3 is 1.63 bits per heavy atom. The highest BCUT2D eigenvalue weighted by Crippen LogP contribution is 2.68. The minimum absolute atomic E-state index is 0.0714. The van der Waals surface area contributed by atoms with E-state index in [9.17, 15) is 15.0 Å². The van der Waals surface area contributed by atoms with Crippen LogP contribution in [0.5, 0.6) is 0 Å². The maximum Gasteiger partial charge on any atom is 0.159 e. The molecule has 0 aromatic heterocycles. The summed E-state index contributed by atoms with van der Waals surface area (Å²) in [5.41, 5.74) is 4.47. The summed E-state index contributed by atoms with van der Waals surface area (Å²) >= 11 is 0. The van der Waals surface area contributed by atoms with Crippen molar-refractivity contribution in [3.8, 4) is 0 Å². The average Bonchev–Trinajstić information content (AvgIpc) is 3.71. The zero-order chi connectivity index (χ0) is 40.4. The number of unbranched alkanes of at least 4 members (excludes halogenated alkanes) is 10. The third kappa shape index (κ3) is 8.63. The van der Waals surface area contributed by atoms with Crippen molar-refractivity contribution in [2.24, 2.45) is 69.0 Å². The molecule has 3 nitrogen and oxygen atoms in total. The molecule has 0 aromatic rings. The van der Waals surface area contributed by atoms with E-state index in [0.29, 0.717) is 33.9 Å². The van der Waals surface area contributed by atoms with Gasteiger partial charge in [0, 0.05) is 5.92 Å². The Balaban J connectivity index is 0.000000174. The van der Waals surface area contributed by atoms with E-state index in [4.69, 9.17) is 0 Å². The van der Waals surface area contributed by atoms with Crippen LogP contribution in [0.15, 0.2) is 23.3 Å². The first-order chi connectivity index (χ1) is 27.4. The second kappa shape index (κ2) is 18.6. The van der Waals surface area contributed by atoms with Crippen LogP contribution in [0, 0.1) is 69.0 Å².